The molecule has 0 unspecified atom stereocenters. The molecule has 0 saturated heterocycles. The first-order chi connectivity index (χ1) is 14.1. The first-order valence-electron chi connectivity index (χ1n) is 9.55. The number of methoxy groups -OCH3 is 1. The van der Waals surface area contributed by atoms with Crippen LogP contribution in [0.3, 0.4) is 0 Å². The highest BCUT2D eigenvalue weighted by atomic mass is 32.2. The summed E-state index contributed by atoms with van der Waals surface area (Å²) >= 11 is 1.49. The number of hydrogen-bond donors (Lipinski definition) is 2. The van der Waals surface area contributed by atoms with Crippen LogP contribution in [0, 0.1) is 0 Å². The number of carbonyl (C=O) groups is 1. The third kappa shape index (κ3) is 5.38. The number of nitrogens with zero attached hydrogens (tertiary/aromatic N) is 4. The van der Waals surface area contributed by atoms with Crippen LogP contribution in [0.15, 0.2) is 35.6 Å². The molecule has 0 saturated carbocycles. The van der Waals surface area contributed by atoms with Crippen LogP contribution < -0.4 is 15.4 Å². The van der Waals surface area contributed by atoms with Gasteiger partial charge in [0.1, 0.15) is 11.6 Å². The number of hydrogen-bond acceptors (Lipinski definition) is 7. The number of rotatable bonds is 10. The van der Waals surface area contributed by atoms with Crippen molar-refractivity contribution in [3.8, 4) is 5.75 Å². The van der Waals surface area contributed by atoms with Crippen molar-refractivity contribution in [2.75, 3.05) is 31.8 Å². The van der Waals surface area contributed by atoms with Crippen LogP contribution in [-0.2, 0) is 17.8 Å². The molecule has 0 spiro atoms. The summed E-state index contributed by atoms with van der Waals surface area (Å²) in [6.45, 7) is 3.96. The van der Waals surface area contributed by atoms with Gasteiger partial charge in [0.25, 0.3) is 0 Å². The lowest BCUT2D eigenvalue weighted by atomic mass is 10.1. The number of benzene rings is 1. The van der Waals surface area contributed by atoms with Gasteiger partial charge < -0.3 is 15.4 Å². The summed E-state index contributed by atoms with van der Waals surface area (Å²) in [7, 11) is 1.62. The number of fused-ring (bicyclic) bond motifs is 1. The van der Waals surface area contributed by atoms with E-state index in [9.17, 15) is 4.79 Å². The van der Waals surface area contributed by atoms with Crippen molar-refractivity contribution in [1.82, 2.24) is 25.1 Å². The van der Waals surface area contributed by atoms with Gasteiger partial charge in [0, 0.05) is 13.1 Å². The third-order valence-electron chi connectivity index (χ3n) is 4.37. The van der Waals surface area contributed by atoms with Crippen LogP contribution in [0.2, 0.25) is 0 Å². The van der Waals surface area contributed by atoms with Gasteiger partial charge in [-0.3, -0.25) is 4.79 Å². The van der Waals surface area contributed by atoms with Crippen molar-refractivity contribution in [2.45, 2.75) is 31.5 Å². The van der Waals surface area contributed by atoms with Gasteiger partial charge in [-0.25, -0.2) is 14.6 Å². The van der Waals surface area contributed by atoms with E-state index in [1.165, 1.54) is 11.8 Å². The largest absolute Gasteiger partial charge is 0.497 e. The van der Waals surface area contributed by atoms with Crippen LogP contribution in [0.4, 0.5) is 5.82 Å². The quantitative estimate of drug-likeness (QED) is 0.389. The van der Waals surface area contributed by atoms with Gasteiger partial charge in [0.2, 0.25) is 5.91 Å². The van der Waals surface area contributed by atoms with E-state index in [0.29, 0.717) is 24.7 Å². The molecule has 0 radical (unpaired) electrons. The second-order valence-electron chi connectivity index (χ2n) is 6.47. The topological polar surface area (TPSA) is 94.0 Å². The number of carbonyl (C=O) groups excluding carboxylic acids is 1. The molecule has 0 fully saturated rings. The van der Waals surface area contributed by atoms with E-state index in [4.69, 9.17) is 4.74 Å². The zero-order valence-electron chi connectivity index (χ0n) is 16.9. The predicted molar refractivity (Wildman–Crippen MR) is 116 cm³/mol. The third-order valence-corrected chi connectivity index (χ3v) is 4.92. The molecule has 1 aromatic carbocycles. The zero-order valence-corrected chi connectivity index (χ0v) is 17.8. The van der Waals surface area contributed by atoms with E-state index in [2.05, 4.69) is 32.6 Å². The summed E-state index contributed by atoms with van der Waals surface area (Å²) < 4.78 is 6.94. The lowest BCUT2D eigenvalue weighted by molar-refractivity contribution is -0.120. The first-order valence-corrected chi connectivity index (χ1v) is 10.8. The molecular formula is C20H26N6O2S. The van der Waals surface area contributed by atoms with Crippen molar-refractivity contribution in [3.63, 3.8) is 0 Å². The van der Waals surface area contributed by atoms with Crippen molar-refractivity contribution in [1.29, 1.82) is 0 Å². The average molecular weight is 415 g/mol. The standard InChI is InChI=1S/C20H26N6O2S/c1-4-9-22-18-16-13-23-26(19(16)25-20(24-18)29-3)11-10-21-17(27)12-14-5-7-15(28-2)8-6-14/h5-8,13H,4,9-12H2,1-3H3,(H,21,27)(H,22,24,25). The van der Waals surface area contributed by atoms with Crippen LogP contribution in [-0.4, -0.2) is 52.1 Å². The monoisotopic (exact) mass is 414 g/mol. The van der Waals surface area contributed by atoms with E-state index >= 15 is 0 Å². The maximum absolute atomic E-state index is 12.2. The number of anilines is 1. The Morgan fingerprint density at radius 1 is 1.21 bits per heavy atom. The molecule has 2 aromatic heterocycles. The van der Waals surface area contributed by atoms with Gasteiger partial charge in [-0.1, -0.05) is 30.8 Å². The van der Waals surface area contributed by atoms with Crippen molar-refractivity contribution >= 4 is 34.5 Å². The van der Waals surface area contributed by atoms with Crippen LogP contribution in [0.5, 0.6) is 5.75 Å². The highest BCUT2D eigenvalue weighted by Crippen LogP contribution is 2.23. The molecule has 0 atom stereocenters. The van der Waals surface area contributed by atoms with Crippen LogP contribution in [0.25, 0.3) is 11.0 Å². The Balaban J connectivity index is 1.61. The lowest BCUT2D eigenvalue weighted by Crippen LogP contribution is -2.28. The Kier molecular flexibility index (Phi) is 7.29. The molecule has 1 amide bonds. The predicted octanol–water partition coefficient (Wildman–Crippen LogP) is 2.74. The summed E-state index contributed by atoms with van der Waals surface area (Å²) in [6.07, 6.45) is 5.06. The number of nitrogens with one attached hydrogen (secondary N) is 2. The Labute approximate surface area is 174 Å². The maximum atomic E-state index is 12.2. The first kappa shape index (κ1) is 20.9. The van der Waals surface area contributed by atoms with Crippen molar-refractivity contribution in [3.05, 3.63) is 36.0 Å². The molecule has 154 valence electrons. The maximum Gasteiger partial charge on any atom is 0.224 e. The molecule has 3 rings (SSSR count). The number of ether oxygens (including phenoxy) is 1. The fourth-order valence-corrected chi connectivity index (χ4v) is 3.22. The molecule has 29 heavy (non-hydrogen) atoms. The smallest absolute Gasteiger partial charge is 0.224 e. The molecule has 2 heterocycles. The summed E-state index contributed by atoms with van der Waals surface area (Å²) in [4.78, 5) is 21.4. The summed E-state index contributed by atoms with van der Waals surface area (Å²) in [6, 6.07) is 7.49. The fraction of sp³-hybridized carbons (Fsp3) is 0.400. The molecule has 0 aliphatic heterocycles. The van der Waals surface area contributed by atoms with Gasteiger partial charge in [-0.05, 0) is 30.4 Å². The van der Waals surface area contributed by atoms with Crippen molar-refractivity contribution in [2.24, 2.45) is 0 Å². The zero-order chi connectivity index (χ0) is 20.6. The molecule has 0 bridgehead atoms. The molecular weight excluding hydrogens is 388 g/mol. The van der Waals surface area contributed by atoms with Gasteiger partial charge >= 0.3 is 0 Å². The number of thioether (sulfide) groups is 1. The summed E-state index contributed by atoms with van der Waals surface area (Å²) in [5.74, 6) is 1.55. The molecule has 8 nitrogen and oxygen atoms in total. The van der Waals surface area contributed by atoms with E-state index in [-0.39, 0.29) is 5.91 Å². The molecule has 9 heteroatoms. The van der Waals surface area contributed by atoms with E-state index < -0.39 is 0 Å². The lowest BCUT2D eigenvalue weighted by Gasteiger charge is -2.09. The Morgan fingerprint density at radius 2 is 2.00 bits per heavy atom. The highest BCUT2D eigenvalue weighted by Gasteiger charge is 2.13. The van der Waals surface area contributed by atoms with Crippen LogP contribution in [0.1, 0.15) is 18.9 Å². The molecule has 0 aliphatic carbocycles. The number of amides is 1. The van der Waals surface area contributed by atoms with Gasteiger partial charge in [0.05, 0.1) is 31.7 Å². The average Bonchev–Trinajstić information content (AvgIpc) is 3.15. The number of aromatic nitrogens is 4. The van der Waals surface area contributed by atoms with Gasteiger partial charge in [-0.2, -0.15) is 5.10 Å². The Hall–Kier alpha value is -2.81. The minimum absolute atomic E-state index is 0.0311. The SMILES string of the molecule is CCCNc1nc(SC)nc2c1cnn2CCNC(=O)Cc1ccc(OC)cc1. The normalized spacial score (nSPS) is 10.9. The molecule has 0 aliphatic rings. The second-order valence-corrected chi connectivity index (χ2v) is 7.24. The summed E-state index contributed by atoms with van der Waals surface area (Å²) in [5.41, 5.74) is 1.71. The summed E-state index contributed by atoms with van der Waals surface area (Å²) in [5, 5.41) is 12.3. The molecule has 3 aromatic rings. The van der Waals surface area contributed by atoms with Crippen molar-refractivity contribution < 1.29 is 9.53 Å². The van der Waals surface area contributed by atoms with E-state index in [1.807, 2.05) is 35.2 Å². The Morgan fingerprint density at radius 3 is 2.69 bits per heavy atom. The van der Waals surface area contributed by atoms with E-state index in [0.717, 1.165) is 41.1 Å². The van der Waals surface area contributed by atoms with Crippen LogP contribution >= 0.6 is 11.8 Å². The highest BCUT2D eigenvalue weighted by molar-refractivity contribution is 7.98. The second kappa shape index (κ2) is 10.1. The van der Waals surface area contributed by atoms with E-state index in [1.54, 1.807) is 13.3 Å². The minimum Gasteiger partial charge on any atom is -0.497 e. The fourth-order valence-electron chi connectivity index (χ4n) is 2.86. The molecule has 2 N–H and O–H groups in total. The Bertz CT molecular complexity index is 958. The minimum atomic E-state index is -0.0311. The van der Waals surface area contributed by atoms with Gasteiger partial charge in [0.15, 0.2) is 10.8 Å². The van der Waals surface area contributed by atoms with Gasteiger partial charge in [-0.15, -0.1) is 0 Å².